The molecule has 3 atom stereocenters. The van der Waals surface area contributed by atoms with Gasteiger partial charge < -0.3 is 15.6 Å². The topological polar surface area (TPSA) is 70.6 Å². The lowest BCUT2D eigenvalue weighted by Crippen LogP contribution is -2.41. The molecular weight excluding hydrogens is 408 g/mol. The van der Waals surface area contributed by atoms with Crippen LogP contribution in [0.5, 0.6) is 0 Å². The van der Waals surface area contributed by atoms with Gasteiger partial charge in [-0.25, -0.2) is 0 Å². The Balaban J connectivity index is 1.18. The molecule has 1 aliphatic heterocycles. The van der Waals surface area contributed by atoms with Crippen molar-refractivity contribution in [3.63, 3.8) is 0 Å². The van der Waals surface area contributed by atoms with Crippen LogP contribution < -0.4 is 10.6 Å². The minimum Gasteiger partial charge on any atom is -0.361 e. The first kappa shape index (κ1) is 21.9. The molecule has 6 heteroatoms. The molecule has 0 amide bonds. The zero-order chi connectivity index (χ0) is 22.5. The number of hydrogen-bond acceptors (Lipinski definition) is 4. The van der Waals surface area contributed by atoms with Crippen molar-refractivity contribution in [2.45, 2.75) is 38.6 Å². The van der Waals surface area contributed by atoms with Gasteiger partial charge in [0.05, 0.1) is 0 Å². The summed E-state index contributed by atoms with van der Waals surface area (Å²) >= 11 is 0. The molecule has 6 nitrogen and oxygen atoms in total. The van der Waals surface area contributed by atoms with E-state index in [-0.39, 0.29) is 0 Å². The number of fused-ring (bicyclic) bond motifs is 1. The summed E-state index contributed by atoms with van der Waals surface area (Å²) in [4.78, 5) is 3.44. The van der Waals surface area contributed by atoms with Crippen LogP contribution in [0, 0.1) is 11.8 Å². The number of aryl methyl sites for hydroxylation is 1. The Morgan fingerprint density at radius 2 is 1.94 bits per heavy atom. The molecule has 1 fully saturated rings. The van der Waals surface area contributed by atoms with Gasteiger partial charge in [0.2, 0.25) is 0 Å². The number of rotatable bonds is 9. The van der Waals surface area contributed by atoms with Crippen LogP contribution in [-0.4, -0.2) is 39.4 Å². The highest BCUT2D eigenvalue weighted by Gasteiger charge is 2.25. The number of piperidine rings is 1. The van der Waals surface area contributed by atoms with Gasteiger partial charge in [-0.15, -0.1) is 10.2 Å². The van der Waals surface area contributed by atoms with Crippen molar-refractivity contribution in [1.82, 2.24) is 30.4 Å². The summed E-state index contributed by atoms with van der Waals surface area (Å²) in [6.45, 7) is 5.64. The lowest BCUT2D eigenvalue weighted by atomic mass is 9.82. The summed E-state index contributed by atoms with van der Waals surface area (Å²) in [6, 6.07) is 17.7. The fourth-order valence-corrected chi connectivity index (χ4v) is 5.19. The molecule has 3 heterocycles. The quantitative estimate of drug-likeness (QED) is 0.353. The van der Waals surface area contributed by atoms with Gasteiger partial charge >= 0.3 is 0 Å². The van der Waals surface area contributed by atoms with E-state index in [1.165, 1.54) is 41.3 Å². The summed E-state index contributed by atoms with van der Waals surface area (Å²) in [5.41, 5.74) is 5.06. The van der Waals surface area contributed by atoms with Crippen molar-refractivity contribution in [2.75, 3.05) is 19.6 Å². The first-order valence-electron chi connectivity index (χ1n) is 12.2. The van der Waals surface area contributed by atoms with Gasteiger partial charge in [0.25, 0.3) is 0 Å². The molecule has 4 aromatic rings. The van der Waals surface area contributed by atoms with Gasteiger partial charge in [0, 0.05) is 28.8 Å². The minimum atomic E-state index is 0.396. The largest absolute Gasteiger partial charge is 0.361 e. The van der Waals surface area contributed by atoms with E-state index in [0.29, 0.717) is 6.04 Å². The molecule has 0 aliphatic carbocycles. The molecule has 1 saturated heterocycles. The van der Waals surface area contributed by atoms with E-state index in [1.54, 1.807) is 12.7 Å². The molecule has 33 heavy (non-hydrogen) atoms. The molecule has 2 unspecified atom stereocenters. The Hall–Kier alpha value is -2.96. The SMILES string of the molecule is CC(NC[C@@H]1CCNCC1CCCc1c[nH]c2ccc(-n3cnnc3)cc12)c1ccccc1. The molecule has 0 bridgehead atoms. The number of aromatic nitrogens is 4. The number of benzene rings is 2. The molecule has 5 rings (SSSR count). The Kier molecular flexibility index (Phi) is 6.84. The number of nitrogens with zero attached hydrogens (tertiary/aromatic N) is 3. The lowest BCUT2D eigenvalue weighted by molar-refractivity contribution is 0.225. The zero-order valence-corrected chi connectivity index (χ0v) is 19.4. The predicted octanol–water partition coefficient (Wildman–Crippen LogP) is 4.65. The normalized spacial score (nSPS) is 19.7. The monoisotopic (exact) mass is 442 g/mol. The maximum absolute atomic E-state index is 3.93. The van der Waals surface area contributed by atoms with Crippen molar-refractivity contribution in [2.24, 2.45) is 11.8 Å². The van der Waals surface area contributed by atoms with Crippen LogP contribution in [0.15, 0.2) is 67.4 Å². The fourth-order valence-electron chi connectivity index (χ4n) is 5.19. The van der Waals surface area contributed by atoms with Crippen LogP contribution >= 0.6 is 0 Å². The summed E-state index contributed by atoms with van der Waals surface area (Å²) in [6.07, 6.45) is 10.5. The third-order valence-electron chi connectivity index (χ3n) is 7.24. The molecule has 0 saturated carbocycles. The number of nitrogens with one attached hydrogen (secondary N) is 3. The molecule has 172 valence electrons. The van der Waals surface area contributed by atoms with Gasteiger partial charge in [-0.1, -0.05) is 30.3 Å². The van der Waals surface area contributed by atoms with Crippen LogP contribution in [0.3, 0.4) is 0 Å². The summed E-state index contributed by atoms with van der Waals surface area (Å²) in [5.74, 6) is 1.47. The van der Waals surface area contributed by atoms with Crippen LogP contribution in [0.1, 0.15) is 43.4 Å². The van der Waals surface area contributed by atoms with E-state index in [1.807, 2.05) is 4.57 Å². The van der Waals surface area contributed by atoms with E-state index >= 15 is 0 Å². The lowest BCUT2D eigenvalue weighted by Gasteiger charge is -2.33. The van der Waals surface area contributed by atoms with Crippen molar-refractivity contribution >= 4 is 10.9 Å². The second kappa shape index (κ2) is 10.3. The zero-order valence-electron chi connectivity index (χ0n) is 19.4. The van der Waals surface area contributed by atoms with Crippen molar-refractivity contribution in [3.05, 3.63) is 78.5 Å². The average Bonchev–Trinajstić information content (AvgIpc) is 3.54. The first-order valence-corrected chi connectivity index (χ1v) is 12.2. The van der Waals surface area contributed by atoms with Crippen molar-refractivity contribution in [3.8, 4) is 5.69 Å². The highest BCUT2D eigenvalue weighted by molar-refractivity contribution is 5.85. The molecule has 1 aliphatic rings. The van der Waals surface area contributed by atoms with Crippen molar-refractivity contribution < 1.29 is 0 Å². The molecular formula is C27H34N6. The first-order chi connectivity index (χ1) is 16.3. The molecule has 2 aromatic heterocycles. The maximum Gasteiger partial charge on any atom is 0.123 e. The maximum atomic E-state index is 3.93. The highest BCUT2D eigenvalue weighted by Crippen LogP contribution is 2.27. The van der Waals surface area contributed by atoms with Gasteiger partial charge in [-0.3, -0.25) is 4.57 Å². The van der Waals surface area contributed by atoms with E-state index < -0.39 is 0 Å². The average molecular weight is 443 g/mol. The third kappa shape index (κ3) is 5.18. The Morgan fingerprint density at radius 3 is 2.79 bits per heavy atom. The summed E-state index contributed by atoms with van der Waals surface area (Å²) in [7, 11) is 0. The minimum absolute atomic E-state index is 0.396. The molecule has 2 aromatic carbocycles. The van der Waals surface area contributed by atoms with Gasteiger partial charge in [-0.2, -0.15) is 0 Å². The predicted molar refractivity (Wildman–Crippen MR) is 133 cm³/mol. The van der Waals surface area contributed by atoms with Gasteiger partial charge in [0.1, 0.15) is 12.7 Å². The van der Waals surface area contributed by atoms with E-state index in [9.17, 15) is 0 Å². The summed E-state index contributed by atoms with van der Waals surface area (Å²) < 4.78 is 1.96. The van der Waals surface area contributed by atoms with Crippen LogP contribution in [0.4, 0.5) is 0 Å². The Labute approximate surface area is 195 Å². The van der Waals surface area contributed by atoms with Gasteiger partial charge in [-0.05, 0) is 93.4 Å². The number of hydrogen-bond donors (Lipinski definition) is 3. The standard InChI is InChI=1S/C27H34N6/c1-20(21-6-3-2-4-7-21)29-16-23-12-13-28-15-22(23)8-5-9-24-17-30-27-11-10-25(14-26(24)27)33-18-31-32-19-33/h2-4,6-7,10-11,14,17-20,22-23,28-30H,5,8-9,12-13,15-16H2,1H3/t20?,22?,23-/m0/s1. The van der Waals surface area contributed by atoms with E-state index in [4.69, 9.17) is 0 Å². The number of aromatic amines is 1. The third-order valence-corrected chi connectivity index (χ3v) is 7.24. The van der Waals surface area contributed by atoms with Crippen LogP contribution in [0.25, 0.3) is 16.6 Å². The second-order valence-corrected chi connectivity index (χ2v) is 9.36. The van der Waals surface area contributed by atoms with E-state index in [0.717, 1.165) is 43.6 Å². The van der Waals surface area contributed by atoms with Crippen LogP contribution in [-0.2, 0) is 6.42 Å². The smallest absolute Gasteiger partial charge is 0.123 e. The molecule has 0 radical (unpaired) electrons. The van der Waals surface area contributed by atoms with Crippen molar-refractivity contribution in [1.29, 1.82) is 0 Å². The molecule has 0 spiro atoms. The fraction of sp³-hybridized carbons (Fsp3) is 0.407. The Morgan fingerprint density at radius 1 is 1.09 bits per heavy atom. The Bertz CT molecular complexity index is 1130. The number of H-pyrrole nitrogens is 1. The molecule has 3 N–H and O–H groups in total. The second-order valence-electron chi connectivity index (χ2n) is 9.36. The van der Waals surface area contributed by atoms with E-state index in [2.05, 4.69) is 87.5 Å². The highest BCUT2D eigenvalue weighted by atomic mass is 15.2. The van der Waals surface area contributed by atoms with Gasteiger partial charge in [0.15, 0.2) is 0 Å². The summed E-state index contributed by atoms with van der Waals surface area (Å²) in [5, 5.41) is 16.6. The van der Waals surface area contributed by atoms with Crippen LogP contribution in [0.2, 0.25) is 0 Å².